The van der Waals surface area contributed by atoms with E-state index in [0.717, 1.165) is 6.07 Å². The lowest BCUT2D eigenvalue weighted by Crippen LogP contribution is -2.18. The molecule has 2 N–H and O–H groups in total. The number of aliphatic hydroxyl groups excluding tert-OH is 1. The number of rotatable bonds is 4. The highest BCUT2D eigenvalue weighted by Crippen LogP contribution is 2.42. The molecule has 0 atom stereocenters. The van der Waals surface area contributed by atoms with Crippen LogP contribution in [0.15, 0.2) is 53.7 Å². The number of aromatic nitrogens is 2. The number of fused-ring (bicyclic) bond motifs is 1. The molecule has 0 unspecified atom stereocenters. The summed E-state index contributed by atoms with van der Waals surface area (Å²) in [6.07, 6.45) is -3.13. The largest absolute Gasteiger partial charge is 0.418 e. The molecule has 0 bridgehead atoms. The predicted molar refractivity (Wildman–Crippen MR) is 115 cm³/mol. The van der Waals surface area contributed by atoms with Gasteiger partial charge in [0.1, 0.15) is 0 Å². The van der Waals surface area contributed by atoms with E-state index in [1.54, 1.807) is 41.2 Å². The minimum Gasteiger partial charge on any atom is -0.390 e. The van der Waals surface area contributed by atoms with Gasteiger partial charge in [0.25, 0.3) is 0 Å². The number of aliphatic imine (C=N–C) groups is 1. The summed E-state index contributed by atoms with van der Waals surface area (Å²) >= 11 is 0. The van der Waals surface area contributed by atoms with Crippen molar-refractivity contribution in [3.8, 4) is 5.69 Å². The van der Waals surface area contributed by atoms with Crippen LogP contribution in [0.25, 0.3) is 5.69 Å². The third-order valence-corrected chi connectivity index (χ3v) is 5.07. The van der Waals surface area contributed by atoms with Crippen molar-refractivity contribution in [3.05, 3.63) is 65.5 Å². The van der Waals surface area contributed by atoms with E-state index < -0.39 is 17.6 Å². The third kappa shape index (κ3) is 4.09. The van der Waals surface area contributed by atoms with E-state index >= 15 is 0 Å². The van der Waals surface area contributed by atoms with Gasteiger partial charge in [-0.15, -0.1) is 0 Å². The van der Waals surface area contributed by atoms with Gasteiger partial charge in [-0.2, -0.15) is 18.3 Å². The van der Waals surface area contributed by atoms with Crippen molar-refractivity contribution in [1.82, 2.24) is 9.78 Å². The number of nitrogens with one attached hydrogen (secondary N) is 1. The second-order valence-corrected chi connectivity index (χ2v) is 7.50. The number of alkyl halides is 3. The van der Waals surface area contributed by atoms with Crippen LogP contribution in [0.1, 0.15) is 23.2 Å². The lowest BCUT2D eigenvalue weighted by atomic mass is 10.1. The first kappa shape index (κ1) is 21.6. The summed E-state index contributed by atoms with van der Waals surface area (Å²) in [5, 5.41) is 16.2. The van der Waals surface area contributed by atoms with Crippen LogP contribution >= 0.6 is 0 Å². The van der Waals surface area contributed by atoms with Gasteiger partial charge >= 0.3 is 6.18 Å². The highest BCUT2D eigenvalue weighted by atomic mass is 19.4. The first-order valence-corrected chi connectivity index (χ1v) is 9.72. The fourth-order valence-corrected chi connectivity index (χ4v) is 3.57. The Labute approximate surface area is 181 Å². The average Bonchev–Trinajstić information content (AvgIpc) is 3.15. The number of amides is 1. The van der Waals surface area contributed by atoms with Crippen molar-refractivity contribution in [3.63, 3.8) is 0 Å². The molecule has 0 saturated carbocycles. The maximum absolute atomic E-state index is 13.6. The number of aliphatic hydroxyl groups is 1. The molecule has 1 aromatic heterocycles. The normalized spacial score (nSPS) is 13.8. The zero-order valence-electron chi connectivity index (χ0n) is 17.3. The van der Waals surface area contributed by atoms with Gasteiger partial charge in [0.15, 0.2) is 0 Å². The number of hydrogen-bond acceptors (Lipinski definition) is 5. The van der Waals surface area contributed by atoms with Crippen LogP contribution in [-0.4, -0.2) is 40.6 Å². The molecule has 4 rings (SSSR count). The first-order valence-electron chi connectivity index (χ1n) is 9.72. The summed E-state index contributed by atoms with van der Waals surface area (Å²) in [5.41, 5.74) is 1.62. The maximum Gasteiger partial charge on any atom is 0.418 e. The summed E-state index contributed by atoms with van der Waals surface area (Å²) in [6, 6.07) is 11.0. The van der Waals surface area contributed by atoms with Crippen LogP contribution in [0.3, 0.4) is 0 Å². The number of benzene rings is 2. The number of anilines is 2. The van der Waals surface area contributed by atoms with Crippen LogP contribution in [0.2, 0.25) is 0 Å². The van der Waals surface area contributed by atoms with Crippen molar-refractivity contribution in [1.29, 1.82) is 0 Å². The first-order chi connectivity index (χ1) is 15.2. The van der Waals surface area contributed by atoms with Gasteiger partial charge in [-0.1, -0.05) is 12.1 Å². The molecule has 32 heavy (non-hydrogen) atoms. The fraction of sp³-hybridized carbons (Fsp3) is 0.227. The van der Waals surface area contributed by atoms with E-state index in [4.69, 9.17) is 0 Å². The molecule has 1 aliphatic heterocycles. The molecule has 1 amide bonds. The van der Waals surface area contributed by atoms with Gasteiger partial charge in [0.05, 0.1) is 52.7 Å². The van der Waals surface area contributed by atoms with Crippen LogP contribution in [-0.2, 0) is 17.6 Å². The Morgan fingerprint density at radius 2 is 1.97 bits per heavy atom. The van der Waals surface area contributed by atoms with E-state index in [2.05, 4.69) is 15.4 Å². The Kier molecular flexibility index (Phi) is 5.47. The van der Waals surface area contributed by atoms with Crippen LogP contribution in [0.5, 0.6) is 0 Å². The lowest BCUT2D eigenvalue weighted by Gasteiger charge is -2.21. The molecular weight excluding hydrogens is 423 g/mol. The quantitative estimate of drug-likeness (QED) is 0.641. The zero-order valence-corrected chi connectivity index (χ0v) is 17.3. The van der Waals surface area contributed by atoms with Gasteiger partial charge in [-0.05, 0) is 35.9 Å². The molecule has 0 radical (unpaired) electrons. The molecule has 166 valence electrons. The molecule has 0 aliphatic carbocycles. The molecule has 1 aliphatic rings. The molecule has 2 aromatic carbocycles. The Bertz CT molecular complexity index is 1210. The van der Waals surface area contributed by atoms with Crippen molar-refractivity contribution in [2.24, 2.45) is 4.99 Å². The van der Waals surface area contributed by atoms with Crippen molar-refractivity contribution >= 4 is 28.7 Å². The van der Waals surface area contributed by atoms with Gasteiger partial charge in [-0.25, -0.2) is 4.68 Å². The number of carbonyl (C=O) groups is 1. The SMILES string of the molecule is CN(C)c1cc2c(cc1C(F)(F)F)NC(=O)CC(c1cccc(-n3nccc3CO)c1)=N2. The van der Waals surface area contributed by atoms with Gasteiger partial charge in [-0.3, -0.25) is 9.79 Å². The van der Waals surface area contributed by atoms with Crippen molar-refractivity contribution in [2.45, 2.75) is 19.2 Å². The van der Waals surface area contributed by atoms with Crippen LogP contribution < -0.4 is 10.2 Å². The molecule has 3 aromatic rings. The molecule has 7 nitrogen and oxygen atoms in total. The monoisotopic (exact) mass is 443 g/mol. The molecule has 0 spiro atoms. The molecule has 10 heteroatoms. The molecule has 2 heterocycles. The highest BCUT2D eigenvalue weighted by molar-refractivity contribution is 6.17. The van der Waals surface area contributed by atoms with Crippen molar-refractivity contribution in [2.75, 3.05) is 24.3 Å². The Morgan fingerprint density at radius 3 is 2.66 bits per heavy atom. The standard InChI is InChI=1S/C22H20F3N5O2/c1-29(2)20-10-19-18(9-16(20)22(23,24)25)28-21(32)11-17(27-19)13-4-3-5-14(8-13)30-15(12-31)6-7-26-30/h3-10,31H,11-12H2,1-2H3,(H,28,32). The minimum atomic E-state index is -4.58. The van der Waals surface area contributed by atoms with E-state index in [1.807, 2.05) is 0 Å². The van der Waals surface area contributed by atoms with Gasteiger partial charge in [0, 0.05) is 20.3 Å². The Morgan fingerprint density at radius 1 is 1.19 bits per heavy atom. The second kappa shape index (κ2) is 8.12. The minimum absolute atomic E-state index is 0.00808. The van der Waals surface area contributed by atoms with Gasteiger partial charge in [0.2, 0.25) is 5.91 Å². The zero-order chi connectivity index (χ0) is 23.0. The summed E-state index contributed by atoms with van der Waals surface area (Å²) in [5.74, 6) is -0.464. The Hall–Kier alpha value is -3.66. The number of nitrogens with zero attached hydrogens (tertiary/aromatic N) is 4. The van der Waals surface area contributed by atoms with Crippen LogP contribution in [0, 0.1) is 0 Å². The van der Waals surface area contributed by atoms with E-state index in [9.17, 15) is 23.1 Å². The van der Waals surface area contributed by atoms with E-state index in [0.29, 0.717) is 22.7 Å². The number of halogens is 3. The molecule has 0 fully saturated rings. The fourth-order valence-electron chi connectivity index (χ4n) is 3.57. The smallest absolute Gasteiger partial charge is 0.390 e. The molecular formula is C22H20F3N5O2. The Balaban J connectivity index is 1.83. The highest BCUT2D eigenvalue weighted by Gasteiger charge is 2.36. The second-order valence-electron chi connectivity index (χ2n) is 7.50. The topological polar surface area (TPSA) is 82.8 Å². The van der Waals surface area contributed by atoms with E-state index in [1.165, 1.54) is 25.1 Å². The average molecular weight is 443 g/mol. The summed E-state index contributed by atoms with van der Waals surface area (Å²) in [6.45, 7) is -0.199. The number of carbonyl (C=O) groups excluding carboxylic acids is 1. The lowest BCUT2D eigenvalue weighted by molar-refractivity contribution is -0.137. The van der Waals surface area contributed by atoms with Crippen LogP contribution in [0.4, 0.5) is 30.2 Å². The number of hydrogen-bond donors (Lipinski definition) is 2. The molecule has 0 saturated heterocycles. The summed E-state index contributed by atoms with van der Waals surface area (Å²) in [7, 11) is 3.03. The van der Waals surface area contributed by atoms with E-state index in [-0.39, 0.29) is 30.1 Å². The van der Waals surface area contributed by atoms with Gasteiger partial charge < -0.3 is 15.3 Å². The summed E-state index contributed by atoms with van der Waals surface area (Å²) < 4.78 is 42.2. The third-order valence-electron chi connectivity index (χ3n) is 5.07. The summed E-state index contributed by atoms with van der Waals surface area (Å²) in [4.78, 5) is 18.4. The predicted octanol–water partition coefficient (Wildman–Crippen LogP) is 3.91. The van der Waals surface area contributed by atoms with Crippen molar-refractivity contribution < 1.29 is 23.1 Å². The maximum atomic E-state index is 13.6.